The van der Waals surface area contributed by atoms with Crippen LogP contribution < -0.4 is 5.73 Å². The van der Waals surface area contributed by atoms with E-state index in [1.165, 1.54) is 4.90 Å². The molecule has 0 aromatic rings. The fourth-order valence-electron chi connectivity index (χ4n) is 1.49. The molecule has 0 aromatic heterocycles. The molecule has 1 aliphatic rings. The van der Waals surface area contributed by atoms with Gasteiger partial charge in [0.25, 0.3) is 0 Å². The second kappa shape index (κ2) is 5.35. The van der Waals surface area contributed by atoms with Crippen molar-refractivity contribution in [3.8, 4) is 0 Å². The SMILES string of the molecule is N[C@@H](COC(=O)C(F)(F)F)C(=O)N1CCCC1. The highest BCUT2D eigenvalue weighted by Gasteiger charge is 2.41. The van der Waals surface area contributed by atoms with Crippen molar-refractivity contribution in [2.75, 3.05) is 19.7 Å². The van der Waals surface area contributed by atoms with Crippen LogP contribution in [0.2, 0.25) is 0 Å². The van der Waals surface area contributed by atoms with Crippen molar-refractivity contribution >= 4 is 11.9 Å². The van der Waals surface area contributed by atoms with E-state index >= 15 is 0 Å². The zero-order valence-corrected chi connectivity index (χ0v) is 9.00. The van der Waals surface area contributed by atoms with E-state index in [1.807, 2.05) is 0 Å². The minimum Gasteiger partial charge on any atom is -0.457 e. The van der Waals surface area contributed by atoms with E-state index in [0.29, 0.717) is 13.1 Å². The molecule has 1 rings (SSSR count). The fraction of sp³-hybridized carbons (Fsp3) is 0.778. The Hall–Kier alpha value is -1.31. The van der Waals surface area contributed by atoms with E-state index in [4.69, 9.17) is 5.73 Å². The first-order chi connectivity index (χ1) is 7.82. The normalized spacial score (nSPS) is 18.0. The third-order valence-corrected chi connectivity index (χ3v) is 2.36. The minimum absolute atomic E-state index is 0.488. The Kier molecular flexibility index (Phi) is 4.33. The lowest BCUT2D eigenvalue weighted by molar-refractivity contribution is -0.200. The second-order valence-electron chi connectivity index (χ2n) is 3.74. The average molecular weight is 254 g/mol. The molecule has 0 radical (unpaired) electrons. The smallest absolute Gasteiger partial charge is 0.457 e. The molecule has 17 heavy (non-hydrogen) atoms. The van der Waals surface area contributed by atoms with Gasteiger partial charge in [0.1, 0.15) is 12.6 Å². The predicted octanol–water partition coefficient (Wildman–Crippen LogP) is 0.0416. The lowest BCUT2D eigenvalue weighted by Gasteiger charge is -2.20. The van der Waals surface area contributed by atoms with Crippen LogP contribution >= 0.6 is 0 Å². The summed E-state index contributed by atoms with van der Waals surface area (Å²) in [6.07, 6.45) is -3.36. The molecule has 1 aliphatic heterocycles. The van der Waals surface area contributed by atoms with E-state index < -0.39 is 30.7 Å². The van der Waals surface area contributed by atoms with Crippen LogP contribution in [-0.4, -0.2) is 48.7 Å². The quantitative estimate of drug-likeness (QED) is 0.722. The average Bonchev–Trinajstić information content (AvgIpc) is 2.76. The van der Waals surface area contributed by atoms with E-state index in [2.05, 4.69) is 4.74 Å². The molecule has 0 saturated carbocycles. The molecule has 98 valence electrons. The van der Waals surface area contributed by atoms with Gasteiger partial charge in [0.2, 0.25) is 5.91 Å². The van der Waals surface area contributed by atoms with Crippen molar-refractivity contribution in [1.82, 2.24) is 4.90 Å². The maximum atomic E-state index is 11.8. The third kappa shape index (κ3) is 3.88. The molecular weight excluding hydrogens is 241 g/mol. The Morgan fingerprint density at radius 2 is 1.82 bits per heavy atom. The number of carbonyl (C=O) groups is 2. The fourth-order valence-corrected chi connectivity index (χ4v) is 1.49. The molecule has 1 saturated heterocycles. The number of ether oxygens (including phenoxy) is 1. The van der Waals surface area contributed by atoms with Crippen molar-refractivity contribution in [3.63, 3.8) is 0 Å². The van der Waals surface area contributed by atoms with Crippen LogP contribution in [0.3, 0.4) is 0 Å². The molecule has 0 bridgehead atoms. The standard InChI is InChI=1S/C9H13F3N2O3/c10-9(11,12)8(16)17-5-6(13)7(15)14-3-1-2-4-14/h6H,1-5,13H2/t6-/m0/s1. The Bertz CT molecular complexity index is 300. The Morgan fingerprint density at radius 3 is 2.29 bits per heavy atom. The zero-order chi connectivity index (χ0) is 13.1. The van der Waals surface area contributed by atoms with E-state index in [-0.39, 0.29) is 0 Å². The summed E-state index contributed by atoms with van der Waals surface area (Å²) >= 11 is 0. The molecule has 1 atom stereocenters. The minimum atomic E-state index is -5.06. The maximum absolute atomic E-state index is 11.8. The highest BCUT2D eigenvalue weighted by molar-refractivity contribution is 5.82. The monoisotopic (exact) mass is 254 g/mol. The Morgan fingerprint density at radius 1 is 1.29 bits per heavy atom. The highest BCUT2D eigenvalue weighted by Crippen LogP contribution is 2.16. The summed E-state index contributed by atoms with van der Waals surface area (Å²) in [7, 11) is 0. The number of esters is 1. The van der Waals surface area contributed by atoms with Crippen LogP contribution in [0.4, 0.5) is 13.2 Å². The number of nitrogens with zero attached hydrogens (tertiary/aromatic N) is 1. The molecular formula is C9H13F3N2O3. The van der Waals surface area contributed by atoms with Crippen molar-refractivity contribution in [2.45, 2.75) is 25.1 Å². The van der Waals surface area contributed by atoms with Gasteiger partial charge in [0, 0.05) is 13.1 Å². The zero-order valence-electron chi connectivity index (χ0n) is 9.00. The van der Waals surface area contributed by atoms with Crippen LogP contribution in [0.5, 0.6) is 0 Å². The number of amides is 1. The summed E-state index contributed by atoms with van der Waals surface area (Å²) in [5.41, 5.74) is 5.35. The van der Waals surface area contributed by atoms with Crippen LogP contribution in [0.15, 0.2) is 0 Å². The van der Waals surface area contributed by atoms with Gasteiger partial charge in [-0.1, -0.05) is 0 Å². The predicted molar refractivity (Wildman–Crippen MR) is 50.8 cm³/mol. The van der Waals surface area contributed by atoms with Crippen molar-refractivity contribution < 1.29 is 27.5 Å². The summed E-state index contributed by atoms with van der Waals surface area (Å²) in [5.74, 6) is -2.82. The van der Waals surface area contributed by atoms with Crippen molar-refractivity contribution in [2.24, 2.45) is 5.73 Å². The lowest BCUT2D eigenvalue weighted by Crippen LogP contribution is -2.46. The summed E-state index contributed by atoms with van der Waals surface area (Å²) < 4.78 is 39.3. The Labute approximate surface area is 95.7 Å². The van der Waals surface area contributed by atoms with Crippen LogP contribution in [0.25, 0.3) is 0 Å². The molecule has 8 heteroatoms. The van der Waals surface area contributed by atoms with Crippen LogP contribution in [0.1, 0.15) is 12.8 Å². The van der Waals surface area contributed by atoms with Crippen LogP contribution in [-0.2, 0) is 14.3 Å². The topological polar surface area (TPSA) is 72.6 Å². The largest absolute Gasteiger partial charge is 0.490 e. The Balaban J connectivity index is 2.36. The molecule has 0 aliphatic carbocycles. The van der Waals surface area contributed by atoms with Crippen LogP contribution in [0, 0.1) is 0 Å². The number of hydrogen-bond donors (Lipinski definition) is 1. The first-order valence-electron chi connectivity index (χ1n) is 5.10. The first kappa shape index (κ1) is 13.8. The number of hydrogen-bond acceptors (Lipinski definition) is 4. The number of carbonyl (C=O) groups excluding carboxylic acids is 2. The molecule has 1 amide bonds. The lowest BCUT2D eigenvalue weighted by atomic mass is 10.3. The van der Waals surface area contributed by atoms with Gasteiger partial charge >= 0.3 is 12.1 Å². The molecule has 5 nitrogen and oxygen atoms in total. The summed E-state index contributed by atoms with van der Waals surface area (Å²) in [6.45, 7) is 0.327. The van der Waals surface area contributed by atoms with Gasteiger partial charge in [-0.2, -0.15) is 13.2 Å². The third-order valence-electron chi connectivity index (χ3n) is 2.36. The van der Waals surface area contributed by atoms with Gasteiger partial charge in [-0.15, -0.1) is 0 Å². The molecule has 1 heterocycles. The van der Waals surface area contributed by atoms with Gasteiger partial charge in [-0.25, -0.2) is 4.79 Å². The summed E-state index contributed by atoms with van der Waals surface area (Å²) in [6, 6.07) is -1.24. The highest BCUT2D eigenvalue weighted by atomic mass is 19.4. The second-order valence-corrected chi connectivity index (χ2v) is 3.74. The summed E-state index contributed by atoms with van der Waals surface area (Å²) in [5, 5.41) is 0. The number of nitrogens with two attached hydrogens (primary N) is 1. The number of rotatable bonds is 3. The van der Waals surface area contributed by atoms with Gasteiger partial charge < -0.3 is 15.4 Å². The number of alkyl halides is 3. The first-order valence-corrected chi connectivity index (χ1v) is 5.10. The summed E-state index contributed by atoms with van der Waals surface area (Å²) in [4.78, 5) is 23.4. The van der Waals surface area contributed by atoms with Gasteiger partial charge in [-0.3, -0.25) is 4.79 Å². The van der Waals surface area contributed by atoms with E-state index in [0.717, 1.165) is 12.8 Å². The molecule has 0 spiro atoms. The van der Waals surface area contributed by atoms with Crippen molar-refractivity contribution in [1.29, 1.82) is 0 Å². The molecule has 2 N–H and O–H groups in total. The van der Waals surface area contributed by atoms with E-state index in [1.54, 1.807) is 0 Å². The number of halogens is 3. The van der Waals surface area contributed by atoms with Gasteiger partial charge in [0.15, 0.2) is 0 Å². The number of likely N-dealkylation sites (tertiary alicyclic amines) is 1. The van der Waals surface area contributed by atoms with E-state index in [9.17, 15) is 22.8 Å². The van der Waals surface area contributed by atoms with Gasteiger partial charge in [-0.05, 0) is 12.8 Å². The van der Waals surface area contributed by atoms with Crippen molar-refractivity contribution in [3.05, 3.63) is 0 Å². The maximum Gasteiger partial charge on any atom is 0.490 e. The molecule has 0 unspecified atom stereocenters. The molecule has 1 fully saturated rings. The molecule has 0 aromatic carbocycles. The van der Waals surface area contributed by atoms with Gasteiger partial charge in [0.05, 0.1) is 0 Å².